The van der Waals surface area contributed by atoms with Crippen LogP contribution >= 0.6 is 37.5 Å². The number of nitrogens with one attached hydrogen (secondary N) is 4. The van der Waals surface area contributed by atoms with Gasteiger partial charge in [-0.1, -0.05) is 60.8 Å². The van der Waals surface area contributed by atoms with Gasteiger partial charge >= 0.3 is 103 Å². The monoisotopic (exact) mass is 1220 g/mol. The third-order valence-corrected chi connectivity index (χ3v) is 15.7. The van der Waals surface area contributed by atoms with Crippen LogP contribution in [0.5, 0.6) is 0 Å². The van der Waals surface area contributed by atoms with Gasteiger partial charge < -0.3 is 62.4 Å². The number of para-hydroxylation sites is 2. The Bertz CT molecular complexity index is 3020. The Morgan fingerprint density at radius 3 is 1.63 bits per heavy atom. The van der Waals surface area contributed by atoms with Gasteiger partial charge in [0.2, 0.25) is 11.9 Å². The number of nitrogens with zero attached hydrogens (tertiary/aromatic N) is 8. The molecule has 6 N–H and O–H groups in total. The maximum absolute atomic E-state index is 13.3. The number of anilines is 10. The first-order valence-electron chi connectivity index (χ1n) is 24.8. The summed E-state index contributed by atoms with van der Waals surface area (Å²) in [6.45, 7) is 16.7. The molecule has 2 fully saturated rings. The van der Waals surface area contributed by atoms with Gasteiger partial charge in [-0.05, 0) is 146 Å². The van der Waals surface area contributed by atoms with Gasteiger partial charge in [-0.25, -0.2) is 14.4 Å². The van der Waals surface area contributed by atoms with Crippen LogP contribution in [0.25, 0.3) is 0 Å². The molecule has 2 aliphatic heterocycles. The molecular weight excluding hydrogens is 1150 g/mol. The van der Waals surface area contributed by atoms with Crippen LogP contribution in [0.1, 0.15) is 46.9 Å². The number of nitro groups is 1. The van der Waals surface area contributed by atoms with E-state index in [0.717, 1.165) is 19.6 Å². The molecule has 2 saturated heterocycles. The summed E-state index contributed by atoms with van der Waals surface area (Å²) in [7, 11) is -3.18. The summed E-state index contributed by atoms with van der Waals surface area (Å²) >= 11 is 12.5. The van der Waals surface area contributed by atoms with Crippen molar-refractivity contribution in [3.8, 4) is 0 Å². The predicted molar refractivity (Wildman–Crippen MR) is 310 cm³/mol. The van der Waals surface area contributed by atoms with Crippen molar-refractivity contribution in [3.63, 3.8) is 0 Å². The van der Waals surface area contributed by atoms with E-state index in [1.807, 2.05) is 42.3 Å². The van der Waals surface area contributed by atoms with Crippen molar-refractivity contribution < 1.29 is 138 Å². The minimum absolute atomic E-state index is 0. The summed E-state index contributed by atoms with van der Waals surface area (Å²) < 4.78 is 38.5. The molecule has 8 rings (SSSR count). The van der Waals surface area contributed by atoms with E-state index < -0.39 is 20.1 Å². The number of nitro benzene ring substituents is 1. The number of benzene rings is 4. The molecular formula is C52H68Cl2FK2N13O7P2. The smallest absolute Gasteiger partial charge is 1.00 e. The summed E-state index contributed by atoms with van der Waals surface area (Å²) in [6, 6.07) is 23.7. The number of likely N-dealkylation sites (tertiary alicyclic amines) is 2. The average Bonchev–Trinajstić information content (AvgIpc) is 4.14. The zero-order chi connectivity index (χ0) is 56.1. The van der Waals surface area contributed by atoms with Crippen molar-refractivity contribution in [2.75, 3.05) is 111 Å². The normalized spacial score (nSPS) is 13.0. The number of nitrogen functional groups attached to an aromatic ring is 1. The maximum Gasteiger partial charge on any atom is 1.00 e. The van der Waals surface area contributed by atoms with E-state index in [4.69, 9.17) is 39.0 Å². The van der Waals surface area contributed by atoms with E-state index in [1.54, 1.807) is 57.0 Å². The fourth-order valence-corrected chi connectivity index (χ4v) is 10.7. The Morgan fingerprint density at radius 1 is 0.759 bits per heavy atom. The number of hydrogen-bond donors (Lipinski definition) is 5. The Hall–Kier alpha value is -3.17. The fraction of sp³-hybridized carbons (Fsp3) is 0.365. The second-order valence-corrected chi connectivity index (χ2v) is 26.0. The molecule has 2 aromatic heterocycles. The van der Waals surface area contributed by atoms with Crippen LogP contribution in [0.2, 0.25) is 10.0 Å². The SMILES string of the molecule is CCCCN1CCCC1.CN(CCN1CCCC1)c1ccc(Nc2ncc(Cl)c(Nc3ccccc3P(C)(C)=O)n2)cc1[N+](=O)[O-].CP(C)(=O)c1ccccc1Nc1nc(Nc2ccc(F)c(N)c2)ncc1Cl.O=CO[O-].[H-].[K+].[K+]. The van der Waals surface area contributed by atoms with Crippen LogP contribution in [0.4, 0.5) is 67.7 Å². The van der Waals surface area contributed by atoms with Crippen molar-refractivity contribution in [2.45, 2.75) is 45.4 Å². The Labute approximate surface area is 558 Å². The summed E-state index contributed by atoms with van der Waals surface area (Å²) in [5, 5.41) is 34.5. The van der Waals surface area contributed by atoms with Crippen LogP contribution in [0.15, 0.2) is 97.3 Å². The first-order valence-corrected chi connectivity index (χ1v) is 30.8. The van der Waals surface area contributed by atoms with E-state index in [-0.39, 0.29) is 144 Å². The molecule has 6 aromatic rings. The molecule has 0 unspecified atom stereocenters. The number of rotatable bonds is 19. The third-order valence-electron chi connectivity index (χ3n) is 12.1. The van der Waals surface area contributed by atoms with E-state index in [1.165, 1.54) is 94.8 Å². The van der Waals surface area contributed by atoms with Crippen molar-refractivity contribution in [2.24, 2.45) is 0 Å². The number of likely N-dealkylation sites (N-methyl/N-ethyl adjacent to an activating group) is 1. The van der Waals surface area contributed by atoms with E-state index in [2.05, 4.69) is 62.8 Å². The second-order valence-electron chi connectivity index (χ2n) is 18.8. The summed E-state index contributed by atoms with van der Waals surface area (Å²) in [6.07, 6.45) is 10.9. The van der Waals surface area contributed by atoms with Crippen molar-refractivity contribution in [1.29, 1.82) is 0 Å². The second kappa shape index (κ2) is 35.1. The van der Waals surface area contributed by atoms with Gasteiger partial charge in [-0.15, -0.1) is 0 Å². The molecule has 0 saturated carbocycles. The van der Waals surface area contributed by atoms with E-state index >= 15 is 0 Å². The van der Waals surface area contributed by atoms with Gasteiger partial charge in [0.1, 0.15) is 35.8 Å². The molecule has 0 atom stereocenters. The van der Waals surface area contributed by atoms with Gasteiger partial charge in [0, 0.05) is 48.2 Å². The standard InChI is InChI=1S/C25H31ClN7O3P.C18H18ClFN5OP.C8H17N.CH2O3.2K.H/c1-31(14-15-32-12-6-7-13-32)21-11-10-18(16-22(21)33(34)35)28-25-27-17-19(26)24(30-25)29-20-8-4-5-9-23(20)37(2,3)36;1-27(2,26)16-6-4-3-5-15(16)24-17-12(19)10-22-18(25-17)23-11-7-8-13(20)14(21)9-11;1-2-3-6-9-7-4-5-8-9;2-1-4-3;;;/h4-5,8-11,16-17H,6-7,12-15H2,1-3H3,(H2,27,28,29,30);3-10H,21H2,1-2H3,(H2,22,23,24,25);2-8H2,1H3;1,3H;;;/q;;;;2*+1;-1/p-1. The molecule has 416 valence electrons. The number of aromatic nitrogens is 4. The number of carbonyl (C=O) groups is 1. The van der Waals surface area contributed by atoms with Crippen LogP contribution in [0, 0.1) is 15.9 Å². The predicted octanol–water partition coefficient (Wildman–Crippen LogP) is 4.33. The van der Waals surface area contributed by atoms with Gasteiger partial charge in [0.25, 0.3) is 12.2 Å². The molecule has 4 aromatic carbocycles. The molecule has 0 radical (unpaired) electrons. The molecule has 20 nitrogen and oxygen atoms in total. The number of halogens is 3. The van der Waals surface area contributed by atoms with Crippen LogP contribution < -0.4 is 151 Å². The maximum atomic E-state index is 13.3. The van der Waals surface area contributed by atoms with E-state index in [9.17, 15) is 23.6 Å². The number of carbonyl (C=O) groups excluding carboxylic acids is 1. The quantitative estimate of drug-likeness (QED) is 0.0144. The third kappa shape index (κ3) is 23.2. The fourth-order valence-electron chi connectivity index (χ4n) is 8.14. The van der Waals surface area contributed by atoms with Crippen molar-refractivity contribution in [3.05, 3.63) is 123 Å². The first-order chi connectivity index (χ1) is 36.7. The van der Waals surface area contributed by atoms with Gasteiger partial charge in [-0.2, -0.15) is 9.97 Å². The number of hydrogen-bond acceptors (Lipinski definition) is 19. The Balaban J connectivity index is 0.000000444. The number of nitrogens with two attached hydrogens (primary N) is 1. The summed E-state index contributed by atoms with van der Waals surface area (Å²) in [5.41, 5.74) is 8.44. The van der Waals surface area contributed by atoms with Crippen LogP contribution in [0.3, 0.4) is 0 Å². The summed E-state index contributed by atoms with van der Waals surface area (Å²) in [5.74, 6) is 0.643. The van der Waals surface area contributed by atoms with Crippen LogP contribution in [-0.4, -0.2) is 121 Å². The molecule has 2 aliphatic rings. The zero-order valence-corrected chi connectivity index (χ0v) is 55.6. The molecule has 27 heteroatoms. The summed E-state index contributed by atoms with van der Waals surface area (Å²) in [4.78, 5) is 46.7. The minimum atomic E-state index is -2.55. The van der Waals surface area contributed by atoms with Gasteiger partial charge in [0.05, 0.1) is 34.4 Å². The number of unbranched alkanes of at least 4 members (excludes halogenated alkanes) is 1. The largest absolute Gasteiger partial charge is 1.00 e. The molecule has 0 amide bonds. The average molecular weight is 1220 g/mol. The molecule has 0 aliphatic carbocycles. The van der Waals surface area contributed by atoms with Crippen LogP contribution in [-0.2, 0) is 18.8 Å². The van der Waals surface area contributed by atoms with Gasteiger partial charge in [0.15, 0.2) is 11.6 Å². The zero-order valence-electron chi connectivity index (χ0n) is 47.0. The van der Waals surface area contributed by atoms with Crippen molar-refractivity contribution in [1.82, 2.24) is 29.7 Å². The van der Waals surface area contributed by atoms with Crippen molar-refractivity contribution >= 4 is 118 Å². The molecule has 0 bridgehead atoms. The topological polar surface area (TPSA) is 262 Å². The molecule has 4 heterocycles. The molecule has 0 spiro atoms. The van der Waals surface area contributed by atoms with E-state index in [0.29, 0.717) is 62.2 Å². The van der Waals surface area contributed by atoms with Gasteiger partial charge in [-0.3, -0.25) is 14.9 Å². The Morgan fingerprint density at radius 2 is 1.20 bits per heavy atom. The molecule has 79 heavy (non-hydrogen) atoms. The first kappa shape index (κ1) is 70.1. The Kier molecular flexibility index (Phi) is 31.1. The minimum Gasteiger partial charge on any atom is -1.00 e.